The minimum atomic E-state index is -3.29. The summed E-state index contributed by atoms with van der Waals surface area (Å²) in [6.07, 6.45) is 5.71. The Bertz CT molecular complexity index is 452. The zero-order valence-corrected chi connectivity index (χ0v) is 8.84. The highest BCUT2D eigenvalue weighted by Crippen LogP contribution is 2.16. The molecule has 2 nitrogen and oxygen atoms in total. The molecule has 74 valence electrons. The number of hydrogen-bond acceptors (Lipinski definition) is 2. The quantitative estimate of drug-likeness (QED) is 0.708. The number of rotatable bonds is 3. The summed E-state index contributed by atoms with van der Waals surface area (Å²) in [5.41, 5.74) is 0.822. The fourth-order valence-corrected chi connectivity index (χ4v) is 2.56. The SMILES string of the molecule is C#CCS(=O)(=O)c1ccccc1CC. The highest BCUT2D eigenvalue weighted by atomic mass is 32.2. The van der Waals surface area contributed by atoms with Crippen molar-refractivity contribution in [1.29, 1.82) is 0 Å². The normalized spacial score (nSPS) is 10.9. The summed E-state index contributed by atoms with van der Waals surface area (Å²) in [7, 11) is -3.29. The lowest BCUT2D eigenvalue weighted by Crippen LogP contribution is -2.07. The zero-order chi connectivity index (χ0) is 10.6. The molecule has 0 aromatic heterocycles. The first-order valence-corrected chi connectivity index (χ1v) is 6.01. The van der Waals surface area contributed by atoms with E-state index >= 15 is 0 Å². The van der Waals surface area contributed by atoms with E-state index in [4.69, 9.17) is 6.42 Å². The average Bonchev–Trinajstić information content (AvgIpc) is 2.18. The van der Waals surface area contributed by atoms with Gasteiger partial charge in [0.25, 0.3) is 0 Å². The molecular formula is C11H12O2S. The van der Waals surface area contributed by atoms with Gasteiger partial charge in [0.05, 0.1) is 4.90 Å². The van der Waals surface area contributed by atoms with Crippen LogP contribution in [0.1, 0.15) is 12.5 Å². The van der Waals surface area contributed by atoms with Crippen LogP contribution in [0.4, 0.5) is 0 Å². The van der Waals surface area contributed by atoms with Crippen molar-refractivity contribution in [1.82, 2.24) is 0 Å². The molecule has 0 saturated heterocycles. The first-order valence-electron chi connectivity index (χ1n) is 4.36. The summed E-state index contributed by atoms with van der Waals surface area (Å²) in [5.74, 6) is 1.94. The number of sulfone groups is 1. The molecule has 0 N–H and O–H groups in total. The van der Waals surface area contributed by atoms with Gasteiger partial charge in [0, 0.05) is 0 Å². The fraction of sp³-hybridized carbons (Fsp3) is 0.273. The van der Waals surface area contributed by atoms with Crippen LogP contribution in [0.15, 0.2) is 29.2 Å². The Hall–Kier alpha value is -1.27. The van der Waals surface area contributed by atoms with Crippen LogP contribution in [0, 0.1) is 12.3 Å². The number of terminal acetylenes is 1. The van der Waals surface area contributed by atoms with Crippen LogP contribution in [-0.2, 0) is 16.3 Å². The second-order valence-corrected chi connectivity index (χ2v) is 4.88. The fourth-order valence-electron chi connectivity index (χ4n) is 1.29. The summed E-state index contributed by atoms with van der Waals surface area (Å²) in [6, 6.07) is 6.95. The second kappa shape index (κ2) is 4.30. The van der Waals surface area contributed by atoms with Gasteiger partial charge in [-0.25, -0.2) is 8.42 Å². The lowest BCUT2D eigenvalue weighted by atomic mass is 10.2. The van der Waals surface area contributed by atoms with Gasteiger partial charge in [-0.1, -0.05) is 31.0 Å². The maximum absolute atomic E-state index is 11.7. The predicted molar refractivity (Wildman–Crippen MR) is 56.7 cm³/mol. The summed E-state index contributed by atoms with van der Waals surface area (Å²) in [4.78, 5) is 0.362. The van der Waals surface area contributed by atoms with Gasteiger partial charge in [0.1, 0.15) is 5.75 Å². The standard InChI is InChI=1S/C11H12O2S/c1-3-9-14(12,13)11-8-6-5-7-10(11)4-2/h1,5-8H,4,9H2,2H3. The lowest BCUT2D eigenvalue weighted by molar-refractivity contribution is 0.598. The van der Waals surface area contributed by atoms with Crippen molar-refractivity contribution in [2.45, 2.75) is 18.2 Å². The van der Waals surface area contributed by atoms with E-state index in [2.05, 4.69) is 5.92 Å². The monoisotopic (exact) mass is 208 g/mol. The van der Waals surface area contributed by atoms with Crippen LogP contribution >= 0.6 is 0 Å². The minimum Gasteiger partial charge on any atom is -0.223 e. The molecule has 0 amide bonds. The molecule has 14 heavy (non-hydrogen) atoms. The summed E-state index contributed by atoms with van der Waals surface area (Å²) in [6.45, 7) is 1.92. The molecule has 1 aromatic carbocycles. The van der Waals surface area contributed by atoms with Crippen molar-refractivity contribution in [3.05, 3.63) is 29.8 Å². The Labute approximate surface area is 84.9 Å². The molecular weight excluding hydrogens is 196 g/mol. The van der Waals surface area contributed by atoms with Gasteiger partial charge in [0.2, 0.25) is 0 Å². The third kappa shape index (κ3) is 2.15. The molecule has 0 heterocycles. The summed E-state index contributed by atoms with van der Waals surface area (Å²) < 4.78 is 23.3. The van der Waals surface area contributed by atoms with E-state index in [0.717, 1.165) is 5.56 Å². The molecule has 1 aromatic rings. The smallest absolute Gasteiger partial charge is 0.189 e. The topological polar surface area (TPSA) is 34.1 Å². The van der Waals surface area contributed by atoms with Crippen LogP contribution in [0.3, 0.4) is 0 Å². The maximum atomic E-state index is 11.7. The van der Waals surface area contributed by atoms with Gasteiger partial charge in [-0.3, -0.25) is 0 Å². The molecule has 0 aliphatic carbocycles. The van der Waals surface area contributed by atoms with E-state index in [0.29, 0.717) is 11.3 Å². The Morgan fingerprint density at radius 2 is 2.00 bits per heavy atom. The van der Waals surface area contributed by atoms with Crippen molar-refractivity contribution in [2.24, 2.45) is 0 Å². The second-order valence-electron chi connectivity index (χ2n) is 2.92. The third-order valence-corrected chi connectivity index (χ3v) is 3.58. The van der Waals surface area contributed by atoms with Crippen LogP contribution in [0.5, 0.6) is 0 Å². The highest BCUT2D eigenvalue weighted by Gasteiger charge is 2.15. The van der Waals surface area contributed by atoms with E-state index < -0.39 is 9.84 Å². The third-order valence-electron chi connectivity index (χ3n) is 1.96. The van der Waals surface area contributed by atoms with E-state index in [1.807, 2.05) is 19.1 Å². The Balaban J connectivity index is 3.26. The van der Waals surface area contributed by atoms with Gasteiger partial charge in [-0.15, -0.1) is 6.42 Å². The van der Waals surface area contributed by atoms with Crippen molar-refractivity contribution in [3.63, 3.8) is 0 Å². The van der Waals surface area contributed by atoms with E-state index in [-0.39, 0.29) is 5.75 Å². The molecule has 0 radical (unpaired) electrons. The summed E-state index contributed by atoms with van der Waals surface area (Å²) in [5, 5.41) is 0. The molecule has 3 heteroatoms. The van der Waals surface area contributed by atoms with Crippen LogP contribution in [0.2, 0.25) is 0 Å². The molecule has 0 saturated carbocycles. The van der Waals surface area contributed by atoms with Gasteiger partial charge in [0.15, 0.2) is 9.84 Å². The van der Waals surface area contributed by atoms with Crippen molar-refractivity contribution < 1.29 is 8.42 Å². The Kier molecular flexibility index (Phi) is 3.32. The van der Waals surface area contributed by atoms with Gasteiger partial charge >= 0.3 is 0 Å². The predicted octanol–water partition coefficient (Wildman–Crippen LogP) is 1.66. The lowest BCUT2D eigenvalue weighted by Gasteiger charge is -2.05. The molecule has 0 atom stereocenters. The molecule has 0 aliphatic rings. The molecule has 0 fully saturated rings. The maximum Gasteiger partial charge on any atom is 0.189 e. The number of hydrogen-bond donors (Lipinski definition) is 0. The van der Waals surface area contributed by atoms with E-state index in [1.165, 1.54) is 0 Å². The number of aryl methyl sites for hydroxylation is 1. The number of benzene rings is 1. The minimum absolute atomic E-state index is 0.232. The Morgan fingerprint density at radius 1 is 1.36 bits per heavy atom. The van der Waals surface area contributed by atoms with Crippen LogP contribution in [0.25, 0.3) is 0 Å². The molecule has 0 spiro atoms. The van der Waals surface area contributed by atoms with E-state index in [9.17, 15) is 8.42 Å². The van der Waals surface area contributed by atoms with Crippen molar-refractivity contribution >= 4 is 9.84 Å². The first-order chi connectivity index (χ1) is 6.61. The van der Waals surface area contributed by atoms with Crippen LogP contribution < -0.4 is 0 Å². The summed E-state index contributed by atoms with van der Waals surface area (Å²) >= 11 is 0. The highest BCUT2D eigenvalue weighted by molar-refractivity contribution is 7.91. The van der Waals surface area contributed by atoms with E-state index in [1.54, 1.807) is 12.1 Å². The zero-order valence-electron chi connectivity index (χ0n) is 8.03. The van der Waals surface area contributed by atoms with Gasteiger partial charge in [-0.2, -0.15) is 0 Å². The van der Waals surface area contributed by atoms with Gasteiger partial charge in [-0.05, 0) is 18.1 Å². The molecule has 1 rings (SSSR count). The van der Waals surface area contributed by atoms with Gasteiger partial charge < -0.3 is 0 Å². The molecule has 0 bridgehead atoms. The Morgan fingerprint density at radius 3 is 2.57 bits per heavy atom. The van der Waals surface area contributed by atoms with Crippen molar-refractivity contribution in [3.8, 4) is 12.3 Å². The molecule has 0 unspecified atom stereocenters. The molecule has 0 aliphatic heterocycles. The van der Waals surface area contributed by atoms with Crippen LogP contribution in [-0.4, -0.2) is 14.2 Å². The van der Waals surface area contributed by atoms with Crippen molar-refractivity contribution in [2.75, 3.05) is 5.75 Å². The average molecular weight is 208 g/mol. The largest absolute Gasteiger partial charge is 0.223 e. The first kappa shape index (κ1) is 10.8.